The predicted octanol–water partition coefficient (Wildman–Crippen LogP) is 0.728. The number of carbonyl (C=O) groups excluding carboxylic acids is 1. The first-order valence-corrected chi connectivity index (χ1v) is 9.15. The summed E-state index contributed by atoms with van der Waals surface area (Å²) in [5, 5.41) is 12.9. The van der Waals surface area contributed by atoms with E-state index in [9.17, 15) is 18.3 Å². The highest BCUT2D eigenvalue weighted by Crippen LogP contribution is 2.27. The van der Waals surface area contributed by atoms with Crippen LogP contribution in [0.1, 0.15) is 19.8 Å². The Morgan fingerprint density at radius 2 is 1.95 bits per heavy atom. The van der Waals surface area contributed by atoms with Crippen molar-refractivity contribution < 1.29 is 18.3 Å². The molecule has 1 aliphatic rings. The summed E-state index contributed by atoms with van der Waals surface area (Å²) in [5.74, 6) is -0.0458. The first-order valence-electron chi connectivity index (χ1n) is 7.31. The summed E-state index contributed by atoms with van der Waals surface area (Å²) in [4.78, 5) is 12.0. The monoisotopic (exact) mass is 326 g/mol. The Bertz CT molecular complexity index is 614. The number of anilines is 1. The average molecular weight is 326 g/mol. The van der Waals surface area contributed by atoms with Gasteiger partial charge in [-0.2, -0.15) is 0 Å². The van der Waals surface area contributed by atoms with E-state index in [1.165, 1.54) is 6.92 Å². The van der Waals surface area contributed by atoms with Gasteiger partial charge in [0.05, 0.1) is 18.0 Å². The highest BCUT2D eigenvalue weighted by molar-refractivity contribution is 7.92. The zero-order valence-electron chi connectivity index (χ0n) is 12.8. The number of benzene rings is 1. The van der Waals surface area contributed by atoms with E-state index >= 15 is 0 Å². The molecule has 2 unspecified atom stereocenters. The van der Waals surface area contributed by atoms with E-state index in [2.05, 4.69) is 5.32 Å². The van der Waals surface area contributed by atoms with Crippen LogP contribution in [-0.4, -0.2) is 44.4 Å². The van der Waals surface area contributed by atoms with Crippen molar-refractivity contribution in [1.29, 1.82) is 0 Å². The predicted molar refractivity (Wildman–Crippen MR) is 85.0 cm³/mol. The fraction of sp³-hybridized carbons (Fsp3) is 0.533. The number of sulfonamides is 1. The standard InChI is InChI=1S/C15H22N2O4S/c1-11(14(18)15(19)16-10-12-8-9-12)17(22(2,20)21)13-6-4-3-5-7-13/h3-7,11-12,14,18H,8-10H2,1-2H3,(H,16,19). The van der Waals surface area contributed by atoms with Crippen molar-refractivity contribution in [3.8, 4) is 0 Å². The highest BCUT2D eigenvalue weighted by atomic mass is 32.2. The van der Waals surface area contributed by atoms with Gasteiger partial charge in [-0.05, 0) is 37.8 Å². The Labute approximate surface area is 131 Å². The number of amides is 1. The van der Waals surface area contributed by atoms with Crippen molar-refractivity contribution in [2.24, 2.45) is 5.92 Å². The summed E-state index contributed by atoms with van der Waals surface area (Å²) in [6.45, 7) is 2.06. The van der Waals surface area contributed by atoms with Crippen LogP contribution < -0.4 is 9.62 Å². The highest BCUT2D eigenvalue weighted by Gasteiger charge is 2.33. The van der Waals surface area contributed by atoms with E-state index in [0.717, 1.165) is 23.4 Å². The van der Waals surface area contributed by atoms with Crippen LogP contribution in [0.5, 0.6) is 0 Å². The van der Waals surface area contributed by atoms with Crippen molar-refractivity contribution in [1.82, 2.24) is 5.32 Å². The largest absolute Gasteiger partial charge is 0.381 e. The number of carbonyl (C=O) groups is 1. The van der Waals surface area contributed by atoms with E-state index in [4.69, 9.17) is 0 Å². The fourth-order valence-electron chi connectivity index (χ4n) is 2.32. The van der Waals surface area contributed by atoms with Gasteiger partial charge in [0.15, 0.2) is 6.10 Å². The molecule has 2 rings (SSSR count). The number of hydrogen-bond donors (Lipinski definition) is 2. The third-order valence-electron chi connectivity index (χ3n) is 3.73. The van der Waals surface area contributed by atoms with Crippen LogP contribution in [0.2, 0.25) is 0 Å². The summed E-state index contributed by atoms with van der Waals surface area (Å²) < 4.78 is 25.2. The molecule has 2 N–H and O–H groups in total. The maximum Gasteiger partial charge on any atom is 0.251 e. The van der Waals surface area contributed by atoms with Crippen LogP contribution in [-0.2, 0) is 14.8 Å². The molecule has 1 aromatic rings. The molecule has 0 radical (unpaired) electrons. The molecule has 0 aliphatic heterocycles. The minimum absolute atomic E-state index is 0.423. The lowest BCUT2D eigenvalue weighted by Gasteiger charge is -2.31. The fourth-order valence-corrected chi connectivity index (χ4v) is 3.55. The Hall–Kier alpha value is -1.60. The van der Waals surface area contributed by atoms with E-state index in [-0.39, 0.29) is 0 Å². The van der Waals surface area contributed by atoms with Crippen LogP contribution >= 0.6 is 0 Å². The van der Waals surface area contributed by atoms with Gasteiger partial charge in [0, 0.05) is 6.54 Å². The van der Waals surface area contributed by atoms with E-state index in [1.807, 2.05) is 0 Å². The van der Waals surface area contributed by atoms with Gasteiger partial charge in [-0.25, -0.2) is 8.42 Å². The molecule has 1 saturated carbocycles. The van der Waals surface area contributed by atoms with Gasteiger partial charge in [0.1, 0.15) is 0 Å². The zero-order chi connectivity index (χ0) is 16.3. The first-order chi connectivity index (χ1) is 10.3. The molecule has 122 valence electrons. The molecule has 6 nitrogen and oxygen atoms in total. The smallest absolute Gasteiger partial charge is 0.251 e. The molecule has 7 heteroatoms. The Balaban J connectivity index is 2.14. The second-order valence-corrected chi connectivity index (χ2v) is 7.63. The lowest BCUT2D eigenvalue weighted by molar-refractivity contribution is -0.130. The SMILES string of the molecule is CC(C(O)C(=O)NCC1CC1)N(c1ccccc1)S(C)(=O)=O. The van der Waals surface area contributed by atoms with E-state index in [0.29, 0.717) is 18.2 Å². The molecule has 2 atom stereocenters. The molecule has 0 spiro atoms. The number of aliphatic hydroxyl groups excluding tert-OH is 1. The molecule has 1 aliphatic carbocycles. The molecule has 22 heavy (non-hydrogen) atoms. The number of nitrogens with one attached hydrogen (secondary N) is 1. The number of nitrogens with zero attached hydrogens (tertiary/aromatic N) is 1. The summed E-state index contributed by atoms with van der Waals surface area (Å²) in [7, 11) is -3.62. The van der Waals surface area contributed by atoms with Gasteiger partial charge >= 0.3 is 0 Å². The van der Waals surface area contributed by atoms with Gasteiger partial charge in [-0.15, -0.1) is 0 Å². The first kappa shape index (κ1) is 16.8. The lowest BCUT2D eigenvalue weighted by Crippen LogP contribution is -2.51. The summed E-state index contributed by atoms with van der Waals surface area (Å²) >= 11 is 0. The molecular formula is C15H22N2O4S. The van der Waals surface area contributed by atoms with Crippen molar-refractivity contribution >= 4 is 21.6 Å². The van der Waals surface area contributed by atoms with Crippen LogP contribution in [0.3, 0.4) is 0 Å². The second kappa shape index (κ2) is 6.66. The normalized spacial score (nSPS) is 17.6. The molecule has 0 saturated heterocycles. The van der Waals surface area contributed by atoms with Crippen molar-refractivity contribution in [2.45, 2.75) is 31.9 Å². The quantitative estimate of drug-likeness (QED) is 0.773. The molecule has 1 amide bonds. The molecular weight excluding hydrogens is 304 g/mol. The minimum Gasteiger partial charge on any atom is -0.381 e. The van der Waals surface area contributed by atoms with Gasteiger partial charge in [-0.1, -0.05) is 18.2 Å². The van der Waals surface area contributed by atoms with Gasteiger partial charge < -0.3 is 10.4 Å². The van der Waals surface area contributed by atoms with Crippen LogP contribution in [0, 0.1) is 5.92 Å². The Morgan fingerprint density at radius 1 is 1.36 bits per heavy atom. The van der Waals surface area contributed by atoms with E-state index in [1.54, 1.807) is 30.3 Å². The Morgan fingerprint density at radius 3 is 2.45 bits per heavy atom. The van der Waals surface area contributed by atoms with Gasteiger partial charge in [0.25, 0.3) is 5.91 Å². The zero-order valence-corrected chi connectivity index (χ0v) is 13.6. The van der Waals surface area contributed by atoms with Gasteiger partial charge in [0.2, 0.25) is 10.0 Å². The number of aliphatic hydroxyl groups is 1. The van der Waals surface area contributed by atoms with Crippen LogP contribution in [0.15, 0.2) is 30.3 Å². The molecule has 1 aromatic carbocycles. The summed E-state index contributed by atoms with van der Waals surface area (Å²) in [6.07, 6.45) is 1.82. The van der Waals surface area contributed by atoms with Crippen molar-refractivity contribution in [3.63, 3.8) is 0 Å². The number of para-hydroxylation sites is 1. The second-order valence-electron chi connectivity index (χ2n) is 5.77. The molecule has 0 heterocycles. The minimum atomic E-state index is -3.62. The molecule has 1 fully saturated rings. The van der Waals surface area contributed by atoms with Crippen LogP contribution in [0.25, 0.3) is 0 Å². The van der Waals surface area contributed by atoms with Gasteiger partial charge in [-0.3, -0.25) is 9.10 Å². The maximum atomic E-state index is 12.1. The maximum absolute atomic E-state index is 12.1. The Kier molecular flexibility index (Phi) is 5.08. The summed E-state index contributed by atoms with van der Waals surface area (Å²) in [6, 6.07) is 7.56. The van der Waals surface area contributed by atoms with Crippen molar-refractivity contribution in [2.75, 3.05) is 17.1 Å². The summed E-state index contributed by atoms with van der Waals surface area (Å²) in [5.41, 5.74) is 0.423. The molecule has 0 bridgehead atoms. The number of rotatable bonds is 7. The lowest BCUT2D eigenvalue weighted by atomic mass is 10.1. The topological polar surface area (TPSA) is 86.7 Å². The average Bonchev–Trinajstić information content (AvgIpc) is 3.27. The van der Waals surface area contributed by atoms with Crippen molar-refractivity contribution in [3.05, 3.63) is 30.3 Å². The third-order valence-corrected chi connectivity index (χ3v) is 4.98. The third kappa shape index (κ3) is 4.20. The van der Waals surface area contributed by atoms with E-state index < -0.39 is 28.1 Å². The molecule has 0 aromatic heterocycles. The van der Waals surface area contributed by atoms with Crippen LogP contribution in [0.4, 0.5) is 5.69 Å². The number of hydrogen-bond acceptors (Lipinski definition) is 4.